The van der Waals surface area contributed by atoms with Crippen LogP contribution in [0.1, 0.15) is 29.2 Å². The van der Waals surface area contributed by atoms with E-state index in [2.05, 4.69) is 0 Å². The molecule has 1 aromatic heterocycles. The first kappa shape index (κ1) is 13.4. The third kappa shape index (κ3) is 2.43. The van der Waals surface area contributed by atoms with Gasteiger partial charge in [0.1, 0.15) is 17.4 Å². The molecule has 4 heteroatoms. The second-order valence-corrected chi connectivity index (χ2v) is 5.29. The van der Waals surface area contributed by atoms with Crippen molar-refractivity contribution in [2.45, 2.75) is 25.8 Å². The molecule has 1 aliphatic rings. The van der Waals surface area contributed by atoms with Crippen LogP contribution in [0.25, 0.3) is 0 Å². The normalized spacial score (nSPS) is 16.7. The Morgan fingerprint density at radius 1 is 1.33 bits per heavy atom. The smallest absolute Gasteiger partial charge is 0.268 e. The highest BCUT2D eigenvalue weighted by molar-refractivity contribution is 5.38. The van der Waals surface area contributed by atoms with Gasteiger partial charge in [-0.3, -0.25) is 4.79 Å². The number of benzene rings is 1. The van der Waals surface area contributed by atoms with Crippen molar-refractivity contribution in [3.05, 3.63) is 63.6 Å². The van der Waals surface area contributed by atoms with E-state index in [1.807, 2.05) is 43.3 Å². The number of hydrogen-bond donors (Lipinski definition) is 0. The van der Waals surface area contributed by atoms with Crippen LogP contribution in [0.2, 0.25) is 0 Å². The maximum atomic E-state index is 12.3. The molecule has 1 aliphatic heterocycles. The highest BCUT2D eigenvalue weighted by atomic mass is 16.5. The molecular formula is C17H16N2O2. The fourth-order valence-corrected chi connectivity index (χ4v) is 2.81. The first-order chi connectivity index (χ1) is 10.2. The van der Waals surface area contributed by atoms with E-state index in [4.69, 9.17) is 10.00 Å². The summed E-state index contributed by atoms with van der Waals surface area (Å²) in [6.07, 6.45) is 0.875. The minimum absolute atomic E-state index is 0.195. The van der Waals surface area contributed by atoms with Gasteiger partial charge in [-0.25, -0.2) is 0 Å². The second kappa shape index (κ2) is 5.45. The second-order valence-electron chi connectivity index (χ2n) is 5.29. The lowest BCUT2D eigenvalue weighted by molar-refractivity contribution is 0.257. The Hall–Kier alpha value is -2.54. The molecule has 0 amide bonds. The molecule has 2 heterocycles. The van der Waals surface area contributed by atoms with Crippen molar-refractivity contribution >= 4 is 0 Å². The molecule has 0 saturated carbocycles. The summed E-state index contributed by atoms with van der Waals surface area (Å²) in [4.78, 5) is 12.3. The van der Waals surface area contributed by atoms with Crippen LogP contribution in [0.5, 0.6) is 5.75 Å². The summed E-state index contributed by atoms with van der Waals surface area (Å²) in [5.74, 6) is 1.14. The molecule has 0 radical (unpaired) electrons. The molecule has 1 atom stereocenters. The molecule has 4 nitrogen and oxygen atoms in total. The fraction of sp³-hybridized carbons (Fsp3) is 0.294. The molecule has 21 heavy (non-hydrogen) atoms. The van der Waals surface area contributed by atoms with Gasteiger partial charge in [-0.2, -0.15) is 5.26 Å². The number of nitrogens with zero attached hydrogens (tertiary/aromatic N) is 2. The van der Waals surface area contributed by atoms with Crippen molar-refractivity contribution in [3.63, 3.8) is 0 Å². The average Bonchev–Trinajstić information content (AvgIpc) is 2.52. The molecule has 1 aromatic carbocycles. The molecule has 3 rings (SSSR count). The Bertz CT molecular complexity index is 771. The summed E-state index contributed by atoms with van der Waals surface area (Å²) in [6.45, 7) is 3.14. The first-order valence-corrected chi connectivity index (χ1v) is 7.03. The van der Waals surface area contributed by atoms with Crippen molar-refractivity contribution in [2.24, 2.45) is 0 Å². The van der Waals surface area contributed by atoms with Crippen molar-refractivity contribution in [1.82, 2.24) is 4.57 Å². The topological polar surface area (TPSA) is 55.0 Å². The lowest BCUT2D eigenvalue weighted by Crippen LogP contribution is -2.28. The number of aromatic nitrogens is 1. The SMILES string of the molecule is Cc1ccc(C#N)c(=O)n1CC1CCOc2ccccc21. The monoisotopic (exact) mass is 280 g/mol. The molecule has 0 spiro atoms. The molecule has 0 aliphatic carbocycles. The van der Waals surface area contributed by atoms with Gasteiger partial charge in [0, 0.05) is 18.2 Å². The highest BCUT2D eigenvalue weighted by Crippen LogP contribution is 2.34. The largest absolute Gasteiger partial charge is 0.493 e. The molecule has 106 valence electrons. The van der Waals surface area contributed by atoms with Gasteiger partial charge in [0.25, 0.3) is 5.56 Å². The molecule has 0 N–H and O–H groups in total. The van der Waals surface area contributed by atoms with Crippen LogP contribution in [0, 0.1) is 18.3 Å². The highest BCUT2D eigenvalue weighted by Gasteiger charge is 2.22. The predicted octanol–water partition coefficient (Wildman–Crippen LogP) is 2.59. The van der Waals surface area contributed by atoms with E-state index in [1.54, 1.807) is 10.6 Å². The summed E-state index contributed by atoms with van der Waals surface area (Å²) >= 11 is 0. The van der Waals surface area contributed by atoms with Crippen LogP contribution in [0.15, 0.2) is 41.2 Å². The van der Waals surface area contributed by atoms with Crippen LogP contribution in [0.3, 0.4) is 0 Å². The van der Waals surface area contributed by atoms with E-state index in [0.29, 0.717) is 13.2 Å². The summed E-state index contributed by atoms with van der Waals surface area (Å²) in [7, 11) is 0. The van der Waals surface area contributed by atoms with Gasteiger partial charge in [-0.1, -0.05) is 18.2 Å². The third-order valence-corrected chi connectivity index (χ3v) is 4.00. The third-order valence-electron chi connectivity index (χ3n) is 4.00. The summed E-state index contributed by atoms with van der Waals surface area (Å²) in [5.41, 5.74) is 2.00. The van der Waals surface area contributed by atoms with Gasteiger partial charge in [-0.15, -0.1) is 0 Å². The van der Waals surface area contributed by atoms with E-state index in [0.717, 1.165) is 23.4 Å². The zero-order valence-corrected chi connectivity index (χ0v) is 11.9. The van der Waals surface area contributed by atoms with Crippen molar-refractivity contribution < 1.29 is 4.74 Å². The maximum Gasteiger partial charge on any atom is 0.268 e. The van der Waals surface area contributed by atoms with Gasteiger partial charge in [0.05, 0.1) is 6.61 Å². The van der Waals surface area contributed by atoms with E-state index in [1.165, 1.54) is 0 Å². The first-order valence-electron chi connectivity index (χ1n) is 7.03. The van der Waals surface area contributed by atoms with Crippen LogP contribution >= 0.6 is 0 Å². The van der Waals surface area contributed by atoms with Gasteiger partial charge in [0.2, 0.25) is 0 Å². The summed E-state index contributed by atoms with van der Waals surface area (Å²) < 4.78 is 7.36. The van der Waals surface area contributed by atoms with Crippen molar-refractivity contribution in [1.29, 1.82) is 5.26 Å². The van der Waals surface area contributed by atoms with E-state index < -0.39 is 0 Å². The van der Waals surface area contributed by atoms with Crippen LogP contribution in [0.4, 0.5) is 0 Å². The van der Waals surface area contributed by atoms with Crippen molar-refractivity contribution in [2.75, 3.05) is 6.61 Å². The van der Waals surface area contributed by atoms with Gasteiger partial charge < -0.3 is 9.30 Å². The molecule has 1 unspecified atom stereocenters. The van der Waals surface area contributed by atoms with Gasteiger partial charge >= 0.3 is 0 Å². The van der Waals surface area contributed by atoms with E-state index in [-0.39, 0.29) is 17.0 Å². The molecule has 0 bridgehead atoms. The molecule has 0 fully saturated rings. The Labute approximate surface area is 123 Å². The zero-order valence-electron chi connectivity index (χ0n) is 11.9. The number of pyridine rings is 1. The molecule has 0 saturated heterocycles. The number of hydrogen-bond acceptors (Lipinski definition) is 3. The van der Waals surface area contributed by atoms with Gasteiger partial charge in [0.15, 0.2) is 0 Å². The number of nitriles is 1. The standard InChI is InChI=1S/C17H16N2O2/c1-12-6-7-13(10-18)17(20)19(12)11-14-8-9-21-16-5-3-2-4-15(14)16/h2-7,14H,8-9,11H2,1H3. The van der Waals surface area contributed by atoms with Gasteiger partial charge in [-0.05, 0) is 37.1 Å². The Balaban J connectivity index is 2.00. The Morgan fingerprint density at radius 3 is 2.95 bits per heavy atom. The lowest BCUT2D eigenvalue weighted by Gasteiger charge is -2.27. The number of aryl methyl sites for hydroxylation is 1. The van der Waals surface area contributed by atoms with Crippen LogP contribution in [-0.4, -0.2) is 11.2 Å². The van der Waals surface area contributed by atoms with Crippen molar-refractivity contribution in [3.8, 4) is 11.8 Å². The zero-order chi connectivity index (χ0) is 14.8. The predicted molar refractivity (Wildman–Crippen MR) is 79.4 cm³/mol. The Kier molecular flexibility index (Phi) is 3.49. The number of rotatable bonds is 2. The Morgan fingerprint density at radius 2 is 2.14 bits per heavy atom. The summed E-state index contributed by atoms with van der Waals surface area (Å²) in [5, 5.41) is 9.01. The molecular weight excluding hydrogens is 264 g/mol. The molecule has 2 aromatic rings. The minimum atomic E-state index is -0.207. The minimum Gasteiger partial charge on any atom is -0.493 e. The lowest BCUT2D eigenvalue weighted by atomic mass is 9.93. The van der Waals surface area contributed by atoms with Crippen LogP contribution in [-0.2, 0) is 6.54 Å². The summed E-state index contributed by atoms with van der Waals surface area (Å²) in [6, 6.07) is 13.3. The average molecular weight is 280 g/mol. The fourth-order valence-electron chi connectivity index (χ4n) is 2.81. The van der Waals surface area contributed by atoms with E-state index in [9.17, 15) is 4.79 Å². The number of fused-ring (bicyclic) bond motifs is 1. The number of ether oxygens (including phenoxy) is 1. The quantitative estimate of drug-likeness (QED) is 0.849. The van der Waals surface area contributed by atoms with E-state index >= 15 is 0 Å². The maximum absolute atomic E-state index is 12.3. The van der Waals surface area contributed by atoms with Crippen LogP contribution < -0.4 is 10.3 Å². The number of para-hydroxylation sites is 1.